The monoisotopic (exact) mass is 262 g/mol. The van der Waals surface area contributed by atoms with Gasteiger partial charge in [-0.15, -0.1) is 0 Å². The molecule has 0 aromatic heterocycles. The van der Waals surface area contributed by atoms with Crippen LogP contribution in [0.3, 0.4) is 0 Å². The van der Waals surface area contributed by atoms with Crippen molar-refractivity contribution in [2.45, 2.75) is 38.7 Å². The van der Waals surface area contributed by atoms with Gasteiger partial charge in [-0.3, -0.25) is 0 Å². The zero-order valence-electron chi connectivity index (χ0n) is 12.4. The molecule has 1 N–H and O–H groups in total. The van der Waals surface area contributed by atoms with Gasteiger partial charge >= 0.3 is 0 Å². The SMILES string of the molecule is COC(C)(C)CCNc1cccc(N2CCCC2)c1. The van der Waals surface area contributed by atoms with E-state index in [9.17, 15) is 0 Å². The molecule has 0 saturated carbocycles. The Morgan fingerprint density at radius 1 is 1.26 bits per heavy atom. The first-order valence-electron chi connectivity index (χ1n) is 7.25. The number of hydrogen-bond acceptors (Lipinski definition) is 3. The fourth-order valence-corrected chi connectivity index (χ4v) is 2.40. The van der Waals surface area contributed by atoms with E-state index < -0.39 is 0 Å². The van der Waals surface area contributed by atoms with Gasteiger partial charge in [-0.1, -0.05) is 6.07 Å². The predicted molar refractivity (Wildman–Crippen MR) is 82.1 cm³/mol. The van der Waals surface area contributed by atoms with Gasteiger partial charge < -0.3 is 15.0 Å². The second kappa shape index (κ2) is 6.29. The van der Waals surface area contributed by atoms with Gasteiger partial charge in [0.15, 0.2) is 0 Å². The van der Waals surface area contributed by atoms with Crippen molar-refractivity contribution >= 4 is 11.4 Å². The summed E-state index contributed by atoms with van der Waals surface area (Å²) in [5.41, 5.74) is 2.49. The van der Waals surface area contributed by atoms with Crippen molar-refractivity contribution in [1.29, 1.82) is 0 Å². The maximum absolute atomic E-state index is 5.43. The van der Waals surface area contributed by atoms with E-state index in [1.807, 2.05) is 0 Å². The number of nitrogens with zero attached hydrogens (tertiary/aromatic N) is 1. The Hall–Kier alpha value is -1.22. The van der Waals surface area contributed by atoms with Crippen LogP contribution in [0.15, 0.2) is 24.3 Å². The molecule has 2 rings (SSSR count). The zero-order chi connectivity index (χ0) is 13.7. The predicted octanol–water partition coefficient (Wildman–Crippen LogP) is 3.51. The highest BCUT2D eigenvalue weighted by Gasteiger charge is 2.15. The summed E-state index contributed by atoms with van der Waals surface area (Å²) in [7, 11) is 1.77. The van der Waals surface area contributed by atoms with Crippen molar-refractivity contribution in [2.75, 3.05) is 37.0 Å². The average molecular weight is 262 g/mol. The van der Waals surface area contributed by atoms with Gasteiger partial charge in [0.05, 0.1) is 5.60 Å². The maximum Gasteiger partial charge on any atom is 0.0639 e. The first-order chi connectivity index (χ1) is 9.11. The molecule has 1 aliphatic heterocycles. The van der Waals surface area contributed by atoms with E-state index >= 15 is 0 Å². The molecule has 3 nitrogen and oxygen atoms in total. The highest BCUT2D eigenvalue weighted by Crippen LogP contribution is 2.23. The third-order valence-corrected chi connectivity index (χ3v) is 3.93. The molecule has 0 radical (unpaired) electrons. The van der Waals surface area contributed by atoms with Crippen LogP contribution in [0.2, 0.25) is 0 Å². The van der Waals surface area contributed by atoms with Crippen molar-refractivity contribution in [1.82, 2.24) is 0 Å². The molecule has 1 aromatic rings. The van der Waals surface area contributed by atoms with Crippen LogP contribution >= 0.6 is 0 Å². The molecule has 1 heterocycles. The smallest absolute Gasteiger partial charge is 0.0639 e. The molecule has 0 amide bonds. The van der Waals surface area contributed by atoms with E-state index in [1.165, 1.54) is 37.3 Å². The van der Waals surface area contributed by atoms with Crippen LogP contribution in [0.4, 0.5) is 11.4 Å². The first-order valence-corrected chi connectivity index (χ1v) is 7.25. The van der Waals surface area contributed by atoms with E-state index in [0.717, 1.165) is 13.0 Å². The highest BCUT2D eigenvalue weighted by molar-refractivity contribution is 5.58. The van der Waals surface area contributed by atoms with Gasteiger partial charge in [0.1, 0.15) is 0 Å². The first kappa shape index (κ1) is 14.2. The molecule has 0 atom stereocenters. The quantitative estimate of drug-likeness (QED) is 0.849. The third-order valence-electron chi connectivity index (χ3n) is 3.93. The largest absolute Gasteiger partial charge is 0.385 e. The summed E-state index contributed by atoms with van der Waals surface area (Å²) in [5.74, 6) is 0. The Morgan fingerprint density at radius 3 is 2.68 bits per heavy atom. The Morgan fingerprint density at radius 2 is 2.00 bits per heavy atom. The summed E-state index contributed by atoms with van der Waals surface area (Å²) in [6, 6.07) is 8.73. The minimum atomic E-state index is -0.0560. The maximum atomic E-state index is 5.43. The highest BCUT2D eigenvalue weighted by atomic mass is 16.5. The summed E-state index contributed by atoms with van der Waals surface area (Å²) in [6.07, 6.45) is 3.64. The van der Waals surface area contributed by atoms with Gasteiger partial charge in [-0.05, 0) is 51.3 Å². The van der Waals surface area contributed by atoms with E-state index in [2.05, 4.69) is 48.3 Å². The lowest BCUT2D eigenvalue weighted by Crippen LogP contribution is -2.25. The molecule has 1 aromatic carbocycles. The molecular weight excluding hydrogens is 236 g/mol. The lowest BCUT2D eigenvalue weighted by molar-refractivity contribution is 0.0185. The Balaban J connectivity index is 1.88. The summed E-state index contributed by atoms with van der Waals surface area (Å²) < 4.78 is 5.43. The fraction of sp³-hybridized carbons (Fsp3) is 0.625. The van der Waals surface area contributed by atoms with Crippen molar-refractivity contribution in [3.63, 3.8) is 0 Å². The van der Waals surface area contributed by atoms with Crippen molar-refractivity contribution < 1.29 is 4.74 Å². The van der Waals surface area contributed by atoms with Crippen LogP contribution in [-0.2, 0) is 4.74 Å². The minimum absolute atomic E-state index is 0.0560. The summed E-state index contributed by atoms with van der Waals surface area (Å²) in [6.45, 7) is 7.56. The Labute approximate surface area is 116 Å². The van der Waals surface area contributed by atoms with E-state index in [-0.39, 0.29) is 5.60 Å². The van der Waals surface area contributed by atoms with Crippen LogP contribution in [0.5, 0.6) is 0 Å². The molecule has 106 valence electrons. The van der Waals surface area contributed by atoms with E-state index in [1.54, 1.807) is 7.11 Å². The van der Waals surface area contributed by atoms with Crippen molar-refractivity contribution in [2.24, 2.45) is 0 Å². The average Bonchev–Trinajstić information content (AvgIpc) is 2.93. The number of hydrogen-bond donors (Lipinski definition) is 1. The number of benzene rings is 1. The number of anilines is 2. The van der Waals surface area contributed by atoms with Crippen LogP contribution in [0.25, 0.3) is 0 Å². The minimum Gasteiger partial charge on any atom is -0.385 e. The van der Waals surface area contributed by atoms with Crippen LogP contribution in [0.1, 0.15) is 33.1 Å². The summed E-state index contributed by atoms with van der Waals surface area (Å²) >= 11 is 0. The topological polar surface area (TPSA) is 24.5 Å². The lowest BCUT2D eigenvalue weighted by Gasteiger charge is -2.23. The molecule has 0 spiro atoms. The summed E-state index contributed by atoms with van der Waals surface area (Å²) in [4.78, 5) is 2.46. The van der Waals surface area contributed by atoms with Crippen molar-refractivity contribution in [3.05, 3.63) is 24.3 Å². The second-order valence-electron chi connectivity index (χ2n) is 5.89. The Kier molecular flexibility index (Phi) is 4.70. The second-order valence-corrected chi connectivity index (χ2v) is 5.89. The molecular formula is C16H26N2O. The van der Waals surface area contributed by atoms with E-state index in [4.69, 9.17) is 4.74 Å². The number of methoxy groups -OCH3 is 1. The van der Waals surface area contributed by atoms with Gasteiger partial charge in [-0.2, -0.15) is 0 Å². The summed E-state index contributed by atoms with van der Waals surface area (Å²) in [5, 5.41) is 3.49. The zero-order valence-corrected chi connectivity index (χ0v) is 12.4. The molecule has 1 fully saturated rings. The number of nitrogens with one attached hydrogen (secondary N) is 1. The lowest BCUT2D eigenvalue weighted by atomic mass is 10.1. The molecule has 0 unspecified atom stereocenters. The van der Waals surface area contributed by atoms with Crippen molar-refractivity contribution in [3.8, 4) is 0 Å². The van der Waals surface area contributed by atoms with Crippen LogP contribution in [0, 0.1) is 0 Å². The molecule has 0 aliphatic carbocycles. The number of rotatable bonds is 6. The molecule has 1 aliphatic rings. The van der Waals surface area contributed by atoms with Gasteiger partial charge in [0, 0.05) is 38.1 Å². The van der Waals surface area contributed by atoms with Gasteiger partial charge in [0.2, 0.25) is 0 Å². The van der Waals surface area contributed by atoms with E-state index in [0.29, 0.717) is 0 Å². The van der Waals surface area contributed by atoms with Crippen LogP contribution < -0.4 is 10.2 Å². The molecule has 19 heavy (non-hydrogen) atoms. The fourth-order valence-electron chi connectivity index (χ4n) is 2.40. The van der Waals surface area contributed by atoms with Gasteiger partial charge in [-0.25, -0.2) is 0 Å². The normalized spacial score (nSPS) is 15.8. The molecule has 3 heteroatoms. The standard InChI is InChI=1S/C16H26N2O/c1-16(2,19-3)9-10-17-14-7-6-8-15(13-14)18-11-4-5-12-18/h6-8,13,17H,4-5,9-12H2,1-3H3. The number of ether oxygens (including phenoxy) is 1. The third kappa shape index (κ3) is 4.13. The van der Waals surface area contributed by atoms with Gasteiger partial charge in [0.25, 0.3) is 0 Å². The molecule has 0 bridgehead atoms. The Bertz CT molecular complexity index is 397. The van der Waals surface area contributed by atoms with Crippen LogP contribution in [-0.4, -0.2) is 32.3 Å². The molecule has 1 saturated heterocycles.